The molecule has 2 rings (SSSR count). The van der Waals surface area contributed by atoms with E-state index < -0.39 is 6.10 Å². The van der Waals surface area contributed by atoms with Gasteiger partial charge in [0, 0.05) is 23.5 Å². The molecule has 82 valence electrons. The summed E-state index contributed by atoms with van der Waals surface area (Å²) in [6.45, 7) is 1.73. The van der Waals surface area contributed by atoms with Gasteiger partial charge in [0.1, 0.15) is 5.03 Å². The summed E-state index contributed by atoms with van der Waals surface area (Å²) in [5.41, 5.74) is 0.832. The molecule has 0 aromatic carbocycles. The molecule has 0 amide bonds. The maximum Gasteiger partial charge on any atom is 0.101 e. The Balaban J connectivity index is 2.11. The molecule has 2 heterocycles. The standard InChI is InChI=1S/C12H12N2OS/c1-9(15)10-2-3-12(14-8-10)16-11-4-6-13-7-5-11/h2-9,15H,1H3/t9-/m0/s1. The van der Waals surface area contributed by atoms with Crippen LogP contribution in [-0.4, -0.2) is 15.1 Å². The number of aliphatic hydroxyl groups excluding tert-OH is 1. The molecule has 0 aliphatic rings. The van der Waals surface area contributed by atoms with Crippen molar-refractivity contribution < 1.29 is 5.11 Å². The predicted octanol–water partition coefficient (Wildman–Crippen LogP) is 2.68. The van der Waals surface area contributed by atoms with E-state index in [4.69, 9.17) is 0 Å². The molecule has 3 nitrogen and oxygen atoms in total. The smallest absolute Gasteiger partial charge is 0.101 e. The molecule has 0 saturated heterocycles. The van der Waals surface area contributed by atoms with Gasteiger partial charge < -0.3 is 5.11 Å². The van der Waals surface area contributed by atoms with E-state index in [1.165, 1.54) is 0 Å². The van der Waals surface area contributed by atoms with Gasteiger partial charge in [-0.1, -0.05) is 17.8 Å². The lowest BCUT2D eigenvalue weighted by Crippen LogP contribution is -1.92. The number of rotatable bonds is 3. The molecular weight excluding hydrogens is 220 g/mol. The lowest BCUT2D eigenvalue weighted by atomic mass is 10.2. The predicted molar refractivity (Wildman–Crippen MR) is 63.2 cm³/mol. The summed E-state index contributed by atoms with van der Waals surface area (Å²) in [6, 6.07) is 7.68. The van der Waals surface area contributed by atoms with Gasteiger partial charge in [-0.15, -0.1) is 0 Å². The monoisotopic (exact) mass is 232 g/mol. The Hall–Kier alpha value is -1.39. The van der Waals surface area contributed by atoms with Gasteiger partial charge in [0.15, 0.2) is 0 Å². The average molecular weight is 232 g/mol. The van der Waals surface area contributed by atoms with Crippen LogP contribution in [0.1, 0.15) is 18.6 Å². The van der Waals surface area contributed by atoms with Gasteiger partial charge in [-0.3, -0.25) is 4.98 Å². The average Bonchev–Trinajstić information content (AvgIpc) is 2.31. The zero-order chi connectivity index (χ0) is 11.4. The Labute approximate surface area is 98.6 Å². The molecular formula is C12H12N2OS. The van der Waals surface area contributed by atoms with Gasteiger partial charge in [0.05, 0.1) is 6.10 Å². The normalized spacial score (nSPS) is 12.4. The van der Waals surface area contributed by atoms with Crippen LogP contribution in [0, 0.1) is 0 Å². The molecule has 0 bridgehead atoms. The largest absolute Gasteiger partial charge is 0.389 e. The SMILES string of the molecule is C[C@H](O)c1ccc(Sc2ccncc2)nc1. The minimum Gasteiger partial charge on any atom is -0.389 e. The highest BCUT2D eigenvalue weighted by molar-refractivity contribution is 7.99. The molecule has 0 spiro atoms. The van der Waals surface area contributed by atoms with Crippen molar-refractivity contribution in [1.82, 2.24) is 9.97 Å². The zero-order valence-electron chi connectivity index (χ0n) is 8.87. The third-order valence-electron chi connectivity index (χ3n) is 2.11. The number of aromatic nitrogens is 2. The van der Waals surface area contributed by atoms with Crippen LogP contribution in [0.5, 0.6) is 0 Å². The van der Waals surface area contributed by atoms with Crippen molar-refractivity contribution in [3.63, 3.8) is 0 Å². The van der Waals surface area contributed by atoms with Crippen LogP contribution in [0.3, 0.4) is 0 Å². The van der Waals surface area contributed by atoms with Crippen LogP contribution in [-0.2, 0) is 0 Å². The van der Waals surface area contributed by atoms with Gasteiger partial charge in [-0.05, 0) is 30.7 Å². The topological polar surface area (TPSA) is 46.0 Å². The van der Waals surface area contributed by atoms with Crippen molar-refractivity contribution in [2.75, 3.05) is 0 Å². The Morgan fingerprint density at radius 1 is 1.19 bits per heavy atom. The molecule has 1 atom stereocenters. The summed E-state index contributed by atoms with van der Waals surface area (Å²) in [7, 11) is 0. The zero-order valence-corrected chi connectivity index (χ0v) is 9.69. The molecule has 0 radical (unpaired) electrons. The molecule has 4 heteroatoms. The number of hydrogen-bond donors (Lipinski definition) is 1. The highest BCUT2D eigenvalue weighted by Crippen LogP contribution is 2.25. The fourth-order valence-electron chi connectivity index (χ4n) is 1.23. The molecule has 2 aromatic rings. The summed E-state index contributed by atoms with van der Waals surface area (Å²) < 4.78 is 0. The Bertz CT molecular complexity index is 442. The first-order valence-corrected chi connectivity index (χ1v) is 5.79. The summed E-state index contributed by atoms with van der Waals surface area (Å²) in [5, 5.41) is 10.3. The minimum atomic E-state index is -0.465. The number of hydrogen-bond acceptors (Lipinski definition) is 4. The van der Waals surface area contributed by atoms with Crippen molar-refractivity contribution in [1.29, 1.82) is 0 Å². The van der Waals surface area contributed by atoms with Crippen LogP contribution < -0.4 is 0 Å². The maximum atomic E-state index is 9.35. The fraction of sp³-hybridized carbons (Fsp3) is 0.167. The van der Waals surface area contributed by atoms with E-state index in [1.54, 1.807) is 37.3 Å². The van der Waals surface area contributed by atoms with Crippen LogP contribution in [0.25, 0.3) is 0 Å². The summed E-state index contributed by atoms with van der Waals surface area (Å²) in [6.07, 6.45) is 4.75. The number of pyridine rings is 2. The summed E-state index contributed by atoms with van der Waals surface area (Å²) in [5.74, 6) is 0. The third-order valence-corrected chi connectivity index (χ3v) is 3.07. The Kier molecular flexibility index (Phi) is 3.54. The molecule has 0 unspecified atom stereocenters. The van der Waals surface area contributed by atoms with E-state index >= 15 is 0 Å². The summed E-state index contributed by atoms with van der Waals surface area (Å²) >= 11 is 1.58. The van der Waals surface area contributed by atoms with E-state index in [1.807, 2.05) is 24.3 Å². The van der Waals surface area contributed by atoms with Crippen molar-refractivity contribution in [3.05, 3.63) is 48.4 Å². The summed E-state index contributed by atoms with van der Waals surface area (Å²) in [4.78, 5) is 9.34. The minimum absolute atomic E-state index is 0.465. The first kappa shape index (κ1) is 11.1. The van der Waals surface area contributed by atoms with Crippen molar-refractivity contribution in [2.45, 2.75) is 22.9 Å². The van der Waals surface area contributed by atoms with E-state index in [-0.39, 0.29) is 0 Å². The van der Waals surface area contributed by atoms with Crippen LogP contribution in [0.4, 0.5) is 0 Å². The lowest BCUT2D eigenvalue weighted by Gasteiger charge is -2.05. The quantitative estimate of drug-likeness (QED) is 0.883. The second-order valence-electron chi connectivity index (χ2n) is 3.39. The number of aliphatic hydroxyl groups is 1. The molecule has 0 aliphatic heterocycles. The van der Waals surface area contributed by atoms with Crippen molar-refractivity contribution in [2.24, 2.45) is 0 Å². The van der Waals surface area contributed by atoms with Crippen LogP contribution in [0.15, 0.2) is 52.8 Å². The highest BCUT2D eigenvalue weighted by atomic mass is 32.2. The van der Waals surface area contributed by atoms with E-state index in [0.29, 0.717) is 0 Å². The third kappa shape index (κ3) is 2.81. The fourth-order valence-corrected chi connectivity index (χ4v) is 1.97. The Morgan fingerprint density at radius 2 is 1.94 bits per heavy atom. The second-order valence-corrected chi connectivity index (χ2v) is 4.48. The van der Waals surface area contributed by atoms with Gasteiger partial charge in [0.2, 0.25) is 0 Å². The molecule has 16 heavy (non-hydrogen) atoms. The van der Waals surface area contributed by atoms with Crippen molar-refractivity contribution >= 4 is 11.8 Å². The maximum absolute atomic E-state index is 9.35. The van der Waals surface area contributed by atoms with Gasteiger partial charge in [0.25, 0.3) is 0 Å². The molecule has 0 saturated carbocycles. The molecule has 0 fully saturated rings. The highest BCUT2D eigenvalue weighted by Gasteiger charge is 2.02. The molecule has 1 N–H and O–H groups in total. The number of nitrogens with zero attached hydrogens (tertiary/aromatic N) is 2. The van der Waals surface area contributed by atoms with Gasteiger partial charge >= 0.3 is 0 Å². The van der Waals surface area contributed by atoms with E-state index in [0.717, 1.165) is 15.5 Å². The molecule has 2 aromatic heterocycles. The molecule has 0 aliphatic carbocycles. The van der Waals surface area contributed by atoms with Crippen LogP contribution in [0.2, 0.25) is 0 Å². The second kappa shape index (κ2) is 5.09. The van der Waals surface area contributed by atoms with Crippen molar-refractivity contribution in [3.8, 4) is 0 Å². The van der Waals surface area contributed by atoms with Crippen LogP contribution >= 0.6 is 11.8 Å². The lowest BCUT2D eigenvalue weighted by molar-refractivity contribution is 0.198. The van der Waals surface area contributed by atoms with Gasteiger partial charge in [-0.2, -0.15) is 0 Å². The Morgan fingerprint density at radius 3 is 2.50 bits per heavy atom. The van der Waals surface area contributed by atoms with E-state index in [9.17, 15) is 5.11 Å². The first-order valence-electron chi connectivity index (χ1n) is 4.97. The first-order chi connectivity index (χ1) is 7.75. The van der Waals surface area contributed by atoms with Gasteiger partial charge in [-0.25, -0.2) is 4.98 Å². The van der Waals surface area contributed by atoms with E-state index in [2.05, 4.69) is 9.97 Å².